The summed E-state index contributed by atoms with van der Waals surface area (Å²) in [5.41, 5.74) is 0. The molecule has 7 nitrogen and oxygen atoms in total. The average molecular weight is 357 g/mol. The van der Waals surface area contributed by atoms with Gasteiger partial charge in [0, 0.05) is 44.3 Å². The lowest BCUT2D eigenvalue weighted by atomic mass is 9.96. The Morgan fingerprint density at radius 1 is 1.15 bits per heavy atom. The normalized spacial score (nSPS) is 21.9. The SMILES string of the molecule is OCCn1nc(C2CCOCC2)nc1C1CCCN(c2ccccn2)C1. The van der Waals surface area contributed by atoms with E-state index in [1.165, 1.54) is 0 Å². The van der Waals surface area contributed by atoms with Crippen molar-refractivity contribution in [3.8, 4) is 0 Å². The van der Waals surface area contributed by atoms with Crippen molar-refractivity contribution >= 4 is 5.82 Å². The van der Waals surface area contributed by atoms with Crippen molar-refractivity contribution in [3.05, 3.63) is 36.0 Å². The zero-order valence-corrected chi connectivity index (χ0v) is 15.1. The number of anilines is 1. The molecule has 2 saturated heterocycles. The fraction of sp³-hybridized carbons (Fsp3) is 0.632. The largest absolute Gasteiger partial charge is 0.394 e. The lowest BCUT2D eigenvalue weighted by Crippen LogP contribution is -2.36. The van der Waals surface area contributed by atoms with Crippen LogP contribution in [-0.4, -0.2) is 57.8 Å². The van der Waals surface area contributed by atoms with E-state index in [1.807, 2.05) is 23.0 Å². The number of aliphatic hydroxyl groups excluding tert-OH is 1. The van der Waals surface area contributed by atoms with Gasteiger partial charge in [-0.05, 0) is 37.8 Å². The second-order valence-electron chi connectivity index (χ2n) is 7.13. The summed E-state index contributed by atoms with van der Waals surface area (Å²) in [4.78, 5) is 11.8. The number of pyridine rings is 1. The third kappa shape index (κ3) is 3.73. The van der Waals surface area contributed by atoms with Gasteiger partial charge in [-0.3, -0.25) is 0 Å². The van der Waals surface area contributed by atoms with E-state index in [9.17, 15) is 5.11 Å². The Morgan fingerprint density at radius 2 is 2.04 bits per heavy atom. The van der Waals surface area contributed by atoms with Crippen LogP contribution in [0.15, 0.2) is 24.4 Å². The van der Waals surface area contributed by atoms with E-state index >= 15 is 0 Å². The van der Waals surface area contributed by atoms with Gasteiger partial charge in [0.25, 0.3) is 0 Å². The van der Waals surface area contributed by atoms with Gasteiger partial charge in [0.15, 0.2) is 5.82 Å². The highest BCUT2D eigenvalue weighted by atomic mass is 16.5. The van der Waals surface area contributed by atoms with E-state index in [2.05, 4.69) is 16.0 Å². The summed E-state index contributed by atoms with van der Waals surface area (Å²) < 4.78 is 7.40. The summed E-state index contributed by atoms with van der Waals surface area (Å²) in [7, 11) is 0. The summed E-state index contributed by atoms with van der Waals surface area (Å²) >= 11 is 0. The maximum atomic E-state index is 9.46. The zero-order chi connectivity index (χ0) is 17.8. The van der Waals surface area contributed by atoms with Crippen molar-refractivity contribution in [2.75, 3.05) is 37.8 Å². The number of hydrogen-bond acceptors (Lipinski definition) is 6. The van der Waals surface area contributed by atoms with E-state index in [-0.39, 0.29) is 6.61 Å². The molecule has 26 heavy (non-hydrogen) atoms. The predicted octanol–water partition coefficient (Wildman–Crippen LogP) is 1.94. The average Bonchev–Trinajstić information content (AvgIpc) is 3.14. The van der Waals surface area contributed by atoms with Crippen molar-refractivity contribution < 1.29 is 9.84 Å². The Hall–Kier alpha value is -1.99. The van der Waals surface area contributed by atoms with Crippen molar-refractivity contribution in [1.82, 2.24) is 19.7 Å². The molecule has 0 aliphatic carbocycles. The summed E-state index contributed by atoms with van der Waals surface area (Å²) in [6.45, 7) is 4.07. The zero-order valence-electron chi connectivity index (χ0n) is 15.1. The van der Waals surface area contributed by atoms with Gasteiger partial charge in [0.05, 0.1) is 13.2 Å². The number of ether oxygens (including phenoxy) is 1. The van der Waals surface area contributed by atoms with Crippen LogP contribution in [0.3, 0.4) is 0 Å². The second-order valence-corrected chi connectivity index (χ2v) is 7.13. The van der Waals surface area contributed by atoms with Crippen molar-refractivity contribution in [3.63, 3.8) is 0 Å². The Kier molecular flexibility index (Phi) is 5.45. The van der Waals surface area contributed by atoms with E-state index in [1.54, 1.807) is 0 Å². The molecule has 2 aromatic heterocycles. The molecule has 0 radical (unpaired) electrons. The molecule has 7 heteroatoms. The van der Waals surface area contributed by atoms with Gasteiger partial charge in [-0.2, -0.15) is 5.10 Å². The van der Waals surface area contributed by atoms with E-state index in [0.29, 0.717) is 18.4 Å². The third-order valence-electron chi connectivity index (χ3n) is 5.37. The monoisotopic (exact) mass is 357 g/mol. The highest BCUT2D eigenvalue weighted by Gasteiger charge is 2.29. The molecular weight excluding hydrogens is 330 g/mol. The molecule has 2 aromatic rings. The maximum Gasteiger partial charge on any atom is 0.154 e. The number of aromatic nitrogens is 4. The molecule has 0 saturated carbocycles. The number of hydrogen-bond donors (Lipinski definition) is 1. The molecule has 4 heterocycles. The van der Waals surface area contributed by atoms with Gasteiger partial charge >= 0.3 is 0 Å². The van der Waals surface area contributed by atoms with Crippen LogP contribution < -0.4 is 4.90 Å². The topological polar surface area (TPSA) is 76.3 Å². The van der Waals surface area contributed by atoms with Crippen LogP contribution in [0.25, 0.3) is 0 Å². The molecule has 2 aliphatic heterocycles. The summed E-state index contributed by atoms with van der Waals surface area (Å²) in [5.74, 6) is 3.65. The number of aliphatic hydroxyl groups is 1. The van der Waals surface area contributed by atoms with Gasteiger partial charge in [0.1, 0.15) is 11.6 Å². The number of rotatable bonds is 5. The first-order valence-electron chi connectivity index (χ1n) is 9.64. The lowest BCUT2D eigenvalue weighted by molar-refractivity contribution is 0.0835. The van der Waals surface area contributed by atoms with Gasteiger partial charge in [-0.25, -0.2) is 14.6 Å². The van der Waals surface area contributed by atoms with Crippen LogP contribution in [0.4, 0.5) is 5.82 Å². The second kappa shape index (κ2) is 8.14. The maximum absolute atomic E-state index is 9.46. The smallest absolute Gasteiger partial charge is 0.154 e. The Morgan fingerprint density at radius 3 is 2.81 bits per heavy atom. The first kappa shape index (κ1) is 17.4. The van der Waals surface area contributed by atoms with Crippen molar-refractivity contribution in [2.24, 2.45) is 0 Å². The Bertz CT molecular complexity index is 699. The standard InChI is InChI=1S/C19H27N5O2/c25-11-10-24-19(21-18(22-24)15-6-12-26-13-7-15)16-4-3-9-23(14-16)17-5-1-2-8-20-17/h1-2,5,8,15-16,25H,3-4,6-7,9-14H2. The van der Waals surface area contributed by atoms with Crippen LogP contribution >= 0.6 is 0 Å². The molecule has 2 fully saturated rings. The predicted molar refractivity (Wildman–Crippen MR) is 98.3 cm³/mol. The van der Waals surface area contributed by atoms with E-state index < -0.39 is 0 Å². The molecule has 0 amide bonds. The molecule has 0 bridgehead atoms. The fourth-order valence-electron chi connectivity index (χ4n) is 4.00. The summed E-state index contributed by atoms with van der Waals surface area (Å²) in [6.07, 6.45) is 6.01. The van der Waals surface area contributed by atoms with Gasteiger partial charge in [0.2, 0.25) is 0 Å². The molecule has 1 unspecified atom stereocenters. The fourth-order valence-corrected chi connectivity index (χ4v) is 4.00. The van der Waals surface area contributed by atoms with E-state index in [0.717, 1.165) is 69.5 Å². The van der Waals surface area contributed by atoms with Crippen LogP contribution in [0, 0.1) is 0 Å². The van der Waals surface area contributed by atoms with Gasteiger partial charge in [-0.1, -0.05) is 6.07 Å². The van der Waals surface area contributed by atoms with Crippen molar-refractivity contribution in [2.45, 2.75) is 44.1 Å². The first-order chi connectivity index (χ1) is 12.8. The van der Waals surface area contributed by atoms with Crippen LogP contribution in [-0.2, 0) is 11.3 Å². The van der Waals surface area contributed by atoms with Gasteiger partial charge < -0.3 is 14.7 Å². The highest BCUT2D eigenvalue weighted by Crippen LogP contribution is 2.31. The molecule has 0 aromatic carbocycles. The molecule has 1 N–H and O–H groups in total. The molecule has 1 atom stereocenters. The molecule has 2 aliphatic rings. The quantitative estimate of drug-likeness (QED) is 0.881. The minimum atomic E-state index is 0.0836. The number of piperidine rings is 1. The summed E-state index contributed by atoms with van der Waals surface area (Å²) in [5, 5.41) is 14.2. The molecular formula is C19H27N5O2. The Balaban J connectivity index is 1.56. The first-order valence-corrected chi connectivity index (χ1v) is 9.64. The third-order valence-corrected chi connectivity index (χ3v) is 5.37. The Labute approximate surface area is 154 Å². The summed E-state index contributed by atoms with van der Waals surface area (Å²) in [6, 6.07) is 6.04. The van der Waals surface area contributed by atoms with Crippen LogP contribution in [0.5, 0.6) is 0 Å². The van der Waals surface area contributed by atoms with Gasteiger partial charge in [-0.15, -0.1) is 0 Å². The highest BCUT2D eigenvalue weighted by molar-refractivity contribution is 5.39. The minimum absolute atomic E-state index is 0.0836. The minimum Gasteiger partial charge on any atom is -0.394 e. The van der Waals surface area contributed by atoms with Crippen LogP contribution in [0.2, 0.25) is 0 Å². The van der Waals surface area contributed by atoms with Crippen molar-refractivity contribution in [1.29, 1.82) is 0 Å². The molecule has 4 rings (SSSR count). The molecule has 140 valence electrons. The molecule has 0 spiro atoms. The van der Waals surface area contributed by atoms with E-state index in [4.69, 9.17) is 14.8 Å². The van der Waals surface area contributed by atoms with Crippen LogP contribution in [0.1, 0.15) is 49.2 Å². The lowest BCUT2D eigenvalue weighted by Gasteiger charge is -2.33. The number of nitrogens with zero attached hydrogens (tertiary/aromatic N) is 5.